The molecule has 0 aliphatic carbocycles. The van der Waals surface area contributed by atoms with Crippen molar-refractivity contribution < 1.29 is 0 Å². The molecule has 14 heavy (non-hydrogen) atoms. The summed E-state index contributed by atoms with van der Waals surface area (Å²) < 4.78 is 2.24. The van der Waals surface area contributed by atoms with Crippen molar-refractivity contribution in [3.05, 3.63) is 18.3 Å². The molecule has 0 N–H and O–H groups in total. The summed E-state index contributed by atoms with van der Waals surface area (Å²) in [5.74, 6) is 1.18. The fourth-order valence-corrected chi connectivity index (χ4v) is 2.08. The number of rotatable bonds is 0. The second-order valence-corrected chi connectivity index (χ2v) is 3.72. The maximum atomic E-state index is 4.55. The van der Waals surface area contributed by atoms with E-state index in [0.717, 1.165) is 24.1 Å². The Balaban J connectivity index is 2.24. The van der Waals surface area contributed by atoms with Gasteiger partial charge < -0.3 is 4.57 Å². The van der Waals surface area contributed by atoms with Gasteiger partial charge in [0.2, 0.25) is 0 Å². The van der Waals surface area contributed by atoms with Crippen molar-refractivity contribution in [2.24, 2.45) is 0 Å². The summed E-state index contributed by atoms with van der Waals surface area (Å²) in [4.78, 5) is 12.8. The number of fused-ring (bicyclic) bond motifs is 3. The van der Waals surface area contributed by atoms with E-state index in [-0.39, 0.29) is 0 Å². The first-order valence-electron chi connectivity index (χ1n) is 5.10. The molecule has 2 aromatic heterocycles. The van der Waals surface area contributed by atoms with Gasteiger partial charge in [0.25, 0.3) is 0 Å². The van der Waals surface area contributed by atoms with Crippen LogP contribution in [-0.2, 0) is 13.0 Å². The molecule has 3 heterocycles. The van der Waals surface area contributed by atoms with Gasteiger partial charge >= 0.3 is 0 Å². The molecule has 0 radical (unpaired) electrons. The number of aromatic nitrogens is 4. The second-order valence-electron chi connectivity index (χ2n) is 3.72. The number of imidazole rings is 1. The van der Waals surface area contributed by atoms with Gasteiger partial charge in [-0.05, 0) is 12.8 Å². The van der Waals surface area contributed by atoms with Crippen LogP contribution < -0.4 is 0 Å². The normalized spacial score (nSPS) is 16.6. The predicted octanol–water partition coefficient (Wildman–Crippen LogP) is 1.55. The molecule has 1 aliphatic rings. The van der Waals surface area contributed by atoms with Crippen LogP contribution in [0.1, 0.15) is 25.1 Å². The molecule has 0 unspecified atom stereocenters. The van der Waals surface area contributed by atoms with Crippen molar-refractivity contribution in [2.75, 3.05) is 0 Å². The Morgan fingerprint density at radius 2 is 2.21 bits per heavy atom. The smallest absolute Gasteiger partial charge is 0.163 e. The van der Waals surface area contributed by atoms with Gasteiger partial charge in [-0.2, -0.15) is 0 Å². The number of aryl methyl sites for hydroxylation is 2. The van der Waals surface area contributed by atoms with Crippen molar-refractivity contribution in [1.82, 2.24) is 19.5 Å². The first-order valence-corrected chi connectivity index (χ1v) is 5.10. The van der Waals surface area contributed by atoms with E-state index in [1.165, 1.54) is 25.1 Å². The number of nitrogens with zero attached hydrogens (tertiary/aromatic N) is 4. The molecule has 1 aliphatic heterocycles. The molecule has 0 atom stereocenters. The third kappa shape index (κ3) is 1.10. The summed E-state index contributed by atoms with van der Waals surface area (Å²) in [6, 6.07) is 0. The molecular weight excluding hydrogens is 176 g/mol. The molecule has 0 spiro atoms. The fourth-order valence-electron chi connectivity index (χ4n) is 2.08. The summed E-state index contributed by atoms with van der Waals surface area (Å²) >= 11 is 0. The van der Waals surface area contributed by atoms with E-state index in [0.29, 0.717) is 0 Å². The van der Waals surface area contributed by atoms with Crippen LogP contribution in [0.3, 0.4) is 0 Å². The summed E-state index contributed by atoms with van der Waals surface area (Å²) in [6.07, 6.45) is 8.26. The Hall–Kier alpha value is -1.45. The summed E-state index contributed by atoms with van der Waals surface area (Å²) in [5, 5.41) is 0. The Kier molecular flexibility index (Phi) is 1.72. The van der Waals surface area contributed by atoms with E-state index in [1.54, 1.807) is 12.5 Å². The van der Waals surface area contributed by atoms with Crippen LogP contribution in [0.25, 0.3) is 11.2 Å². The average molecular weight is 188 g/mol. The highest BCUT2D eigenvalue weighted by Crippen LogP contribution is 2.19. The molecule has 0 fully saturated rings. The molecule has 0 aromatic carbocycles. The SMILES string of the molecule is c1ncc2nc3n(c2n1)CCCCC3. The third-order valence-corrected chi connectivity index (χ3v) is 2.77. The van der Waals surface area contributed by atoms with Gasteiger partial charge in [0, 0.05) is 13.0 Å². The number of hydrogen-bond acceptors (Lipinski definition) is 3. The fraction of sp³-hybridized carbons (Fsp3) is 0.500. The van der Waals surface area contributed by atoms with Crippen LogP contribution in [0.2, 0.25) is 0 Å². The lowest BCUT2D eigenvalue weighted by molar-refractivity contribution is 0.643. The van der Waals surface area contributed by atoms with E-state index >= 15 is 0 Å². The van der Waals surface area contributed by atoms with Gasteiger partial charge in [-0.25, -0.2) is 15.0 Å². The molecule has 4 nitrogen and oxygen atoms in total. The quantitative estimate of drug-likeness (QED) is 0.630. The van der Waals surface area contributed by atoms with Crippen LogP contribution in [0.15, 0.2) is 12.5 Å². The van der Waals surface area contributed by atoms with E-state index in [2.05, 4.69) is 19.5 Å². The standard InChI is InChI=1S/C10H12N4/c1-2-4-9-13-8-6-11-7-12-10(8)14(9)5-3-1/h6-7H,1-5H2. The maximum absolute atomic E-state index is 4.55. The van der Waals surface area contributed by atoms with Gasteiger partial charge in [0.15, 0.2) is 5.65 Å². The Morgan fingerprint density at radius 1 is 1.21 bits per heavy atom. The van der Waals surface area contributed by atoms with Gasteiger partial charge in [-0.1, -0.05) is 6.42 Å². The van der Waals surface area contributed by atoms with Gasteiger partial charge in [-0.15, -0.1) is 0 Å². The first-order chi connectivity index (χ1) is 6.95. The topological polar surface area (TPSA) is 43.6 Å². The van der Waals surface area contributed by atoms with Crippen molar-refractivity contribution in [3.8, 4) is 0 Å². The predicted molar refractivity (Wildman–Crippen MR) is 52.9 cm³/mol. The molecule has 4 heteroatoms. The van der Waals surface area contributed by atoms with Crippen LogP contribution in [0, 0.1) is 0 Å². The minimum Gasteiger partial charge on any atom is -0.313 e. The van der Waals surface area contributed by atoms with Crippen LogP contribution in [0.4, 0.5) is 0 Å². The largest absolute Gasteiger partial charge is 0.313 e. The molecule has 2 aromatic rings. The average Bonchev–Trinajstić information content (AvgIpc) is 2.42. The lowest BCUT2D eigenvalue weighted by atomic mass is 10.2. The van der Waals surface area contributed by atoms with Gasteiger partial charge in [0.1, 0.15) is 17.7 Å². The first kappa shape index (κ1) is 7.91. The van der Waals surface area contributed by atoms with Crippen molar-refractivity contribution in [2.45, 2.75) is 32.2 Å². The van der Waals surface area contributed by atoms with Crippen molar-refractivity contribution in [1.29, 1.82) is 0 Å². The summed E-state index contributed by atoms with van der Waals surface area (Å²) in [7, 11) is 0. The minimum absolute atomic E-state index is 0.935. The van der Waals surface area contributed by atoms with E-state index in [1.807, 2.05) is 0 Å². The summed E-state index contributed by atoms with van der Waals surface area (Å²) in [5.41, 5.74) is 1.93. The van der Waals surface area contributed by atoms with Gasteiger partial charge in [-0.3, -0.25) is 0 Å². The van der Waals surface area contributed by atoms with E-state index in [9.17, 15) is 0 Å². The Morgan fingerprint density at radius 3 is 3.21 bits per heavy atom. The molecule has 0 bridgehead atoms. The summed E-state index contributed by atoms with van der Waals surface area (Å²) in [6.45, 7) is 1.06. The lowest BCUT2D eigenvalue weighted by Gasteiger charge is -2.01. The highest BCUT2D eigenvalue weighted by Gasteiger charge is 2.13. The molecule has 3 rings (SSSR count). The lowest BCUT2D eigenvalue weighted by Crippen LogP contribution is -2.01. The van der Waals surface area contributed by atoms with E-state index in [4.69, 9.17) is 0 Å². The highest BCUT2D eigenvalue weighted by atomic mass is 15.1. The Bertz CT molecular complexity index is 460. The zero-order valence-electron chi connectivity index (χ0n) is 7.98. The van der Waals surface area contributed by atoms with Crippen molar-refractivity contribution >= 4 is 11.2 Å². The zero-order chi connectivity index (χ0) is 9.38. The van der Waals surface area contributed by atoms with Crippen LogP contribution in [-0.4, -0.2) is 19.5 Å². The maximum Gasteiger partial charge on any atom is 0.163 e. The molecule has 72 valence electrons. The highest BCUT2D eigenvalue weighted by molar-refractivity contribution is 5.69. The third-order valence-electron chi connectivity index (χ3n) is 2.77. The van der Waals surface area contributed by atoms with Crippen LogP contribution >= 0.6 is 0 Å². The molecular formula is C10H12N4. The molecule has 0 saturated heterocycles. The van der Waals surface area contributed by atoms with Crippen LogP contribution in [0.5, 0.6) is 0 Å². The monoisotopic (exact) mass is 188 g/mol. The van der Waals surface area contributed by atoms with Gasteiger partial charge in [0.05, 0.1) is 6.20 Å². The zero-order valence-corrected chi connectivity index (χ0v) is 7.98. The second kappa shape index (κ2) is 3.04. The van der Waals surface area contributed by atoms with E-state index < -0.39 is 0 Å². The Labute approximate surface area is 82.0 Å². The molecule has 0 saturated carbocycles. The molecule has 0 amide bonds. The minimum atomic E-state index is 0.935. The van der Waals surface area contributed by atoms with Crippen molar-refractivity contribution in [3.63, 3.8) is 0 Å². The number of hydrogen-bond donors (Lipinski definition) is 0.